The first-order valence-corrected chi connectivity index (χ1v) is 8.64. The normalized spacial score (nSPS) is 11.5. The standard InChI is InChI=1S/C15H22O5S/c1-2-3-4-5-6-7-10-13(16)12-9-8-11-14(17)15(12)21(18,19)20/h8-9,11,17H,2-7,10H2,1H3,(H,18,19,20). The lowest BCUT2D eigenvalue weighted by molar-refractivity contribution is 0.0975. The Kier molecular flexibility index (Phi) is 6.84. The van der Waals surface area contributed by atoms with Crippen molar-refractivity contribution in [3.05, 3.63) is 23.8 Å². The van der Waals surface area contributed by atoms with Crippen molar-refractivity contribution < 1.29 is 22.9 Å². The van der Waals surface area contributed by atoms with Gasteiger partial charge in [-0.2, -0.15) is 8.42 Å². The smallest absolute Gasteiger partial charge is 0.298 e. The molecule has 118 valence electrons. The van der Waals surface area contributed by atoms with Crippen LogP contribution in [0.1, 0.15) is 62.2 Å². The monoisotopic (exact) mass is 314 g/mol. The van der Waals surface area contributed by atoms with E-state index in [1.165, 1.54) is 18.6 Å². The number of unbranched alkanes of at least 4 members (excludes halogenated alkanes) is 5. The van der Waals surface area contributed by atoms with Crippen molar-refractivity contribution in [2.24, 2.45) is 0 Å². The fourth-order valence-electron chi connectivity index (χ4n) is 2.22. The molecular weight excluding hydrogens is 292 g/mol. The number of carbonyl (C=O) groups is 1. The second-order valence-electron chi connectivity index (χ2n) is 5.07. The van der Waals surface area contributed by atoms with E-state index >= 15 is 0 Å². The Morgan fingerprint density at radius 2 is 1.71 bits per heavy atom. The molecule has 0 aliphatic carbocycles. The molecular formula is C15H22O5S. The van der Waals surface area contributed by atoms with Gasteiger partial charge in [-0.05, 0) is 18.6 Å². The van der Waals surface area contributed by atoms with E-state index < -0.39 is 20.8 Å². The third-order valence-corrected chi connectivity index (χ3v) is 4.25. The maximum absolute atomic E-state index is 12.1. The number of aromatic hydroxyl groups is 1. The third-order valence-electron chi connectivity index (χ3n) is 3.31. The Morgan fingerprint density at radius 3 is 2.33 bits per heavy atom. The van der Waals surface area contributed by atoms with Gasteiger partial charge in [0, 0.05) is 12.0 Å². The Bertz CT molecular complexity index is 578. The van der Waals surface area contributed by atoms with Gasteiger partial charge in [0.05, 0.1) is 0 Å². The van der Waals surface area contributed by atoms with Crippen LogP contribution in [0.3, 0.4) is 0 Å². The highest BCUT2D eigenvalue weighted by Gasteiger charge is 2.23. The van der Waals surface area contributed by atoms with Crippen LogP contribution in [0.4, 0.5) is 0 Å². The van der Waals surface area contributed by atoms with E-state index in [1.807, 2.05) is 0 Å². The summed E-state index contributed by atoms with van der Waals surface area (Å²) in [6.45, 7) is 2.13. The lowest BCUT2D eigenvalue weighted by Crippen LogP contribution is -2.09. The number of Topliss-reactive ketones (excluding diaryl/α,β-unsaturated/α-hetero) is 1. The summed E-state index contributed by atoms with van der Waals surface area (Å²) in [7, 11) is -4.62. The van der Waals surface area contributed by atoms with E-state index in [0.717, 1.165) is 31.7 Å². The fourth-order valence-corrected chi connectivity index (χ4v) is 3.01. The van der Waals surface area contributed by atoms with E-state index in [2.05, 4.69) is 6.92 Å². The van der Waals surface area contributed by atoms with E-state index in [4.69, 9.17) is 4.55 Å². The molecule has 0 bridgehead atoms. The molecule has 2 N–H and O–H groups in total. The SMILES string of the molecule is CCCCCCCCC(=O)c1cccc(O)c1S(=O)(=O)O. The zero-order valence-corrected chi connectivity index (χ0v) is 13.0. The Hall–Kier alpha value is -1.40. The van der Waals surface area contributed by atoms with Gasteiger partial charge in [0.1, 0.15) is 10.6 Å². The number of carbonyl (C=O) groups excluding carboxylic acids is 1. The molecule has 0 saturated carbocycles. The average Bonchev–Trinajstić information content (AvgIpc) is 2.40. The molecule has 0 fully saturated rings. The van der Waals surface area contributed by atoms with Crippen LogP contribution in [0.5, 0.6) is 5.75 Å². The molecule has 0 aromatic heterocycles. The van der Waals surface area contributed by atoms with Crippen molar-refractivity contribution in [2.75, 3.05) is 0 Å². The van der Waals surface area contributed by atoms with E-state index in [-0.39, 0.29) is 17.8 Å². The minimum Gasteiger partial charge on any atom is -0.506 e. The summed E-state index contributed by atoms with van der Waals surface area (Å²) in [5, 5.41) is 9.55. The summed E-state index contributed by atoms with van der Waals surface area (Å²) < 4.78 is 31.7. The largest absolute Gasteiger partial charge is 0.506 e. The molecule has 0 radical (unpaired) electrons. The summed E-state index contributed by atoms with van der Waals surface area (Å²) in [5.74, 6) is -0.986. The first-order chi connectivity index (χ1) is 9.88. The van der Waals surface area contributed by atoms with Crippen molar-refractivity contribution in [2.45, 2.75) is 56.8 Å². The van der Waals surface area contributed by atoms with Crippen LogP contribution < -0.4 is 0 Å². The van der Waals surface area contributed by atoms with Crippen LogP contribution in [0.25, 0.3) is 0 Å². The van der Waals surface area contributed by atoms with Gasteiger partial charge in [-0.25, -0.2) is 0 Å². The molecule has 1 aromatic rings. The van der Waals surface area contributed by atoms with Crippen LogP contribution in [0.2, 0.25) is 0 Å². The molecule has 1 rings (SSSR count). The molecule has 6 heteroatoms. The summed E-state index contributed by atoms with van der Waals surface area (Å²) in [6.07, 6.45) is 6.29. The molecule has 0 atom stereocenters. The first-order valence-electron chi connectivity index (χ1n) is 7.20. The number of hydrogen-bond acceptors (Lipinski definition) is 4. The predicted molar refractivity (Wildman–Crippen MR) is 80.2 cm³/mol. The number of hydrogen-bond donors (Lipinski definition) is 2. The maximum Gasteiger partial charge on any atom is 0.298 e. The van der Waals surface area contributed by atoms with Gasteiger partial charge in [0.2, 0.25) is 0 Å². The number of rotatable bonds is 9. The fraction of sp³-hybridized carbons (Fsp3) is 0.533. The zero-order valence-electron chi connectivity index (χ0n) is 12.2. The van der Waals surface area contributed by atoms with Gasteiger partial charge in [0.15, 0.2) is 5.78 Å². The van der Waals surface area contributed by atoms with Gasteiger partial charge in [0.25, 0.3) is 10.1 Å². The lowest BCUT2D eigenvalue weighted by atomic mass is 10.0. The Balaban J connectivity index is 2.69. The molecule has 0 spiro atoms. The van der Waals surface area contributed by atoms with E-state index in [1.54, 1.807) is 0 Å². The van der Waals surface area contributed by atoms with E-state index in [9.17, 15) is 18.3 Å². The third kappa shape index (κ3) is 5.47. The summed E-state index contributed by atoms with van der Waals surface area (Å²) >= 11 is 0. The molecule has 0 unspecified atom stereocenters. The molecule has 0 amide bonds. The Morgan fingerprint density at radius 1 is 1.10 bits per heavy atom. The highest BCUT2D eigenvalue weighted by atomic mass is 32.2. The zero-order chi connectivity index (χ0) is 15.9. The molecule has 1 aromatic carbocycles. The van der Waals surface area contributed by atoms with Gasteiger partial charge in [-0.1, -0.05) is 45.1 Å². The molecule has 5 nitrogen and oxygen atoms in total. The van der Waals surface area contributed by atoms with Crippen molar-refractivity contribution in [1.29, 1.82) is 0 Å². The second-order valence-corrected chi connectivity index (χ2v) is 6.43. The molecule has 0 aliphatic heterocycles. The minimum atomic E-state index is -4.62. The maximum atomic E-state index is 12.1. The summed E-state index contributed by atoms with van der Waals surface area (Å²) in [6, 6.07) is 3.82. The molecule has 0 heterocycles. The molecule has 21 heavy (non-hydrogen) atoms. The van der Waals surface area contributed by atoms with Crippen molar-refractivity contribution in [3.8, 4) is 5.75 Å². The van der Waals surface area contributed by atoms with Gasteiger partial charge in [-0.3, -0.25) is 9.35 Å². The number of phenols is 1. The highest BCUT2D eigenvalue weighted by Crippen LogP contribution is 2.27. The van der Waals surface area contributed by atoms with Gasteiger partial charge >= 0.3 is 0 Å². The van der Waals surface area contributed by atoms with Crippen LogP contribution in [-0.2, 0) is 10.1 Å². The van der Waals surface area contributed by atoms with Crippen LogP contribution in [0.15, 0.2) is 23.1 Å². The summed E-state index contributed by atoms with van der Waals surface area (Å²) in [4.78, 5) is 11.4. The van der Waals surface area contributed by atoms with Crippen molar-refractivity contribution >= 4 is 15.9 Å². The summed E-state index contributed by atoms with van der Waals surface area (Å²) in [5.41, 5.74) is -0.147. The van der Waals surface area contributed by atoms with Gasteiger partial charge in [-0.15, -0.1) is 0 Å². The number of benzene rings is 1. The minimum absolute atomic E-state index is 0.147. The predicted octanol–water partition coefficient (Wildman–Crippen LogP) is 3.57. The van der Waals surface area contributed by atoms with Crippen molar-refractivity contribution in [1.82, 2.24) is 0 Å². The molecule has 0 aliphatic rings. The van der Waals surface area contributed by atoms with Crippen LogP contribution >= 0.6 is 0 Å². The van der Waals surface area contributed by atoms with Gasteiger partial charge < -0.3 is 5.11 Å². The highest BCUT2D eigenvalue weighted by molar-refractivity contribution is 7.86. The first kappa shape index (κ1) is 17.7. The Labute approximate surface area is 125 Å². The topological polar surface area (TPSA) is 91.7 Å². The quantitative estimate of drug-likeness (QED) is 0.413. The lowest BCUT2D eigenvalue weighted by Gasteiger charge is -2.08. The van der Waals surface area contributed by atoms with Crippen molar-refractivity contribution in [3.63, 3.8) is 0 Å². The molecule has 0 saturated heterocycles. The van der Waals surface area contributed by atoms with Crippen LogP contribution in [0, 0.1) is 0 Å². The number of ketones is 1. The van der Waals surface area contributed by atoms with Crippen LogP contribution in [-0.4, -0.2) is 23.9 Å². The second kappa shape index (κ2) is 8.14. The van der Waals surface area contributed by atoms with E-state index in [0.29, 0.717) is 6.42 Å². The number of phenolic OH excluding ortho intramolecular Hbond substituents is 1. The average molecular weight is 314 g/mol.